The number of hydrogen-bond donors (Lipinski definition) is 0. The number of rotatable bonds is 1. The van der Waals surface area contributed by atoms with Crippen LogP contribution in [0.5, 0.6) is 5.75 Å². The molecule has 0 radical (unpaired) electrons. The van der Waals surface area contributed by atoms with Crippen molar-refractivity contribution in [1.82, 2.24) is 4.98 Å². The van der Waals surface area contributed by atoms with Crippen molar-refractivity contribution in [3.05, 3.63) is 24.0 Å². The van der Waals surface area contributed by atoms with Gasteiger partial charge in [-0.15, -0.1) is 0 Å². The topological polar surface area (TPSA) is 22.1 Å². The van der Waals surface area contributed by atoms with E-state index in [9.17, 15) is 0 Å². The first-order chi connectivity index (χ1) is 5.54. The highest BCUT2D eigenvalue weighted by molar-refractivity contribution is 5.18. The third kappa shape index (κ3) is 1.42. The van der Waals surface area contributed by atoms with Gasteiger partial charge in [-0.2, -0.15) is 0 Å². The van der Waals surface area contributed by atoms with Gasteiger partial charge in [-0.3, -0.25) is 4.98 Å². The van der Waals surface area contributed by atoms with Crippen LogP contribution in [-0.4, -0.2) is 12.1 Å². The van der Waals surface area contributed by atoms with Crippen molar-refractivity contribution in [2.75, 3.05) is 7.11 Å². The summed E-state index contributed by atoms with van der Waals surface area (Å²) in [4.78, 5) is 3.73. The Hall–Kier alpha value is -1.05. The maximum absolute atomic E-state index is 7.03. The molecular formula is C7H9NO. The minimum atomic E-state index is -2.13. The quantitative estimate of drug-likeness (QED) is 0.567. The van der Waals surface area contributed by atoms with Crippen LogP contribution in [-0.2, 0) is 0 Å². The molecule has 0 fully saturated rings. The molecule has 0 amide bonds. The minimum absolute atomic E-state index is 0.0864. The van der Waals surface area contributed by atoms with Gasteiger partial charge in [0.05, 0.1) is 13.3 Å². The zero-order valence-electron chi connectivity index (χ0n) is 8.09. The number of ether oxygens (including phenoxy) is 1. The fourth-order valence-electron chi connectivity index (χ4n) is 0.501. The number of hydrogen-bond acceptors (Lipinski definition) is 2. The Morgan fingerprint density at radius 2 is 2.56 bits per heavy atom. The average molecular weight is 126 g/mol. The summed E-state index contributed by atoms with van der Waals surface area (Å²) in [5.41, 5.74) is 0.0864. The second-order valence-electron chi connectivity index (χ2n) is 1.58. The molecular weight excluding hydrogens is 114 g/mol. The van der Waals surface area contributed by atoms with Crippen LogP contribution in [0.25, 0.3) is 0 Å². The van der Waals surface area contributed by atoms with E-state index in [4.69, 9.17) is 8.85 Å². The van der Waals surface area contributed by atoms with Gasteiger partial charge in [-0.1, -0.05) is 0 Å². The van der Waals surface area contributed by atoms with Crippen LogP contribution in [0.2, 0.25) is 0 Å². The number of aryl methyl sites for hydroxylation is 1. The van der Waals surface area contributed by atoms with Crippen LogP contribution in [0.15, 0.2) is 18.3 Å². The van der Waals surface area contributed by atoms with E-state index < -0.39 is 6.85 Å². The fraction of sp³-hybridized carbons (Fsp3) is 0.286. The Labute approximate surface area is 58.7 Å². The van der Waals surface area contributed by atoms with E-state index in [0.717, 1.165) is 0 Å². The van der Waals surface area contributed by atoms with Gasteiger partial charge in [-0.05, 0) is 19.0 Å². The fourth-order valence-corrected chi connectivity index (χ4v) is 0.501. The Balaban J connectivity index is 2.93. The van der Waals surface area contributed by atoms with Crippen LogP contribution >= 0.6 is 0 Å². The molecule has 2 nitrogen and oxygen atoms in total. The largest absolute Gasteiger partial charge is 0.495 e. The highest BCUT2D eigenvalue weighted by Gasteiger charge is 1.86. The van der Waals surface area contributed by atoms with E-state index >= 15 is 0 Å². The molecule has 0 aliphatic rings. The lowest BCUT2D eigenvalue weighted by Crippen LogP contribution is -1.84. The molecule has 1 aromatic rings. The maximum Gasteiger partial charge on any atom is 0.137 e. The van der Waals surface area contributed by atoms with Crippen molar-refractivity contribution in [2.24, 2.45) is 0 Å². The molecule has 1 heterocycles. The molecule has 0 saturated heterocycles. The van der Waals surface area contributed by atoms with E-state index in [1.54, 1.807) is 6.07 Å². The average Bonchev–Trinajstić information content (AvgIpc) is 2.03. The molecule has 1 aromatic heterocycles. The van der Waals surface area contributed by atoms with Gasteiger partial charge in [0.1, 0.15) is 5.75 Å². The van der Waals surface area contributed by atoms with Gasteiger partial charge in [0, 0.05) is 9.81 Å². The first-order valence-corrected chi connectivity index (χ1v) is 2.54. The van der Waals surface area contributed by atoms with Crippen LogP contribution < -0.4 is 4.74 Å². The van der Waals surface area contributed by atoms with Crippen LogP contribution in [0.1, 0.15) is 9.81 Å². The SMILES string of the molecule is [2H]C([2H])([2H])c1ccc(OC)cn1. The van der Waals surface area contributed by atoms with Gasteiger partial charge in [0.15, 0.2) is 0 Å². The summed E-state index contributed by atoms with van der Waals surface area (Å²) in [6.07, 6.45) is 1.39. The standard InChI is InChI=1S/C7H9NO/c1-6-3-4-7(9-2)5-8-6/h3-5H,1-2H3/i1D3. The van der Waals surface area contributed by atoms with E-state index in [1.807, 2.05) is 0 Å². The zero-order chi connectivity index (χ0) is 9.19. The van der Waals surface area contributed by atoms with Crippen LogP contribution in [0.4, 0.5) is 0 Å². The molecule has 1 rings (SSSR count). The first-order valence-electron chi connectivity index (χ1n) is 4.04. The molecule has 0 saturated carbocycles. The van der Waals surface area contributed by atoms with Crippen molar-refractivity contribution in [1.29, 1.82) is 0 Å². The minimum Gasteiger partial charge on any atom is -0.495 e. The smallest absolute Gasteiger partial charge is 0.137 e. The predicted molar refractivity (Wildman–Crippen MR) is 35.5 cm³/mol. The third-order valence-electron chi connectivity index (χ3n) is 0.972. The van der Waals surface area contributed by atoms with Gasteiger partial charge >= 0.3 is 0 Å². The number of pyridine rings is 1. The van der Waals surface area contributed by atoms with Crippen LogP contribution in [0.3, 0.4) is 0 Å². The summed E-state index contributed by atoms with van der Waals surface area (Å²) in [6, 6.07) is 3.01. The van der Waals surface area contributed by atoms with E-state index in [-0.39, 0.29) is 5.69 Å². The van der Waals surface area contributed by atoms with E-state index in [1.165, 1.54) is 19.4 Å². The third-order valence-corrected chi connectivity index (χ3v) is 0.972. The monoisotopic (exact) mass is 126 g/mol. The van der Waals surface area contributed by atoms with Crippen molar-refractivity contribution < 1.29 is 8.85 Å². The highest BCUT2D eigenvalue weighted by Crippen LogP contribution is 2.06. The molecule has 0 aliphatic carbocycles. The van der Waals surface area contributed by atoms with Crippen LogP contribution in [0, 0.1) is 6.85 Å². The van der Waals surface area contributed by atoms with Gasteiger partial charge < -0.3 is 4.74 Å². The maximum atomic E-state index is 7.03. The summed E-state index contributed by atoms with van der Waals surface area (Å²) >= 11 is 0. The van der Waals surface area contributed by atoms with Gasteiger partial charge in [0.25, 0.3) is 0 Å². The van der Waals surface area contributed by atoms with Crippen molar-refractivity contribution in [3.8, 4) is 5.75 Å². The highest BCUT2D eigenvalue weighted by atomic mass is 16.5. The molecule has 0 aromatic carbocycles. The van der Waals surface area contributed by atoms with E-state index in [0.29, 0.717) is 5.75 Å². The molecule has 0 N–H and O–H groups in total. The van der Waals surface area contributed by atoms with E-state index in [2.05, 4.69) is 4.98 Å². The molecule has 0 spiro atoms. The molecule has 9 heavy (non-hydrogen) atoms. The zero-order valence-corrected chi connectivity index (χ0v) is 5.09. The molecule has 48 valence electrons. The lowest BCUT2D eigenvalue weighted by molar-refractivity contribution is 0.412. The lowest BCUT2D eigenvalue weighted by Gasteiger charge is -1.96. The summed E-state index contributed by atoms with van der Waals surface area (Å²) in [5, 5.41) is 0. The number of nitrogens with zero attached hydrogens (tertiary/aromatic N) is 1. The summed E-state index contributed by atoms with van der Waals surface area (Å²) < 4.78 is 25.9. The summed E-state index contributed by atoms with van der Waals surface area (Å²) in [5.74, 6) is 0.558. The Kier molecular flexibility index (Phi) is 0.884. The molecule has 0 unspecified atom stereocenters. The lowest BCUT2D eigenvalue weighted by atomic mass is 10.4. The Bertz CT molecular complexity index is 254. The number of aromatic nitrogens is 1. The Morgan fingerprint density at radius 3 is 3.00 bits per heavy atom. The van der Waals surface area contributed by atoms with Crippen molar-refractivity contribution >= 4 is 0 Å². The first kappa shape index (κ1) is 3.20. The normalized spacial score (nSPS) is 15.4. The summed E-state index contributed by atoms with van der Waals surface area (Å²) in [7, 11) is 1.51. The predicted octanol–water partition coefficient (Wildman–Crippen LogP) is 1.40. The Morgan fingerprint density at radius 1 is 1.67 bits per heavy atom. The summed E-state index contributed by atoms with van der Waals surface area (Å²) in [6.45, 7) is -2.13. The molecule has 0 aliphatic heterocycles. The van der Waals surface area contributed by atoms with Crippen molar-refractivity contribution in [2.45, 2.75) is 6.85 Å². The second-order valence-corrected chi connectivity index (χ2v) is 1.58. The molecule has 0 bridgehead atoms. The second kappa shape index (κ2) is 2.49. The molecule has 2 heteroatoms. The number of methoxy groups -OCH3 is 1. The van der Waals surface area contributed by atoms with Gasteiger partial charge in [-0.25, -0.2) is 0 Å². The molecule has 0 atom stereocenters. The van der Waals surface area contributed by atoms with Gasteiger partial charge in [0.2, 0.25) is 0 Å². The van der Waals surface area contributed by atoms with Crippen molar-refractivity contribution in [3.63, 3.8) is 0 Å².